The van der Waals surface area contributed by atoms with Crippen molar-refractivity contribution in [2.45, 2.75) is 39.7 Å². The third-order valence-electron chi connectivity index (χ3n) is 2.70. The summed E-state index contributed by atoms with van der Waals surface area (Å²) in [6.45, 7) is 6.51. The molecule has 0 saturated heterocycles. The molecule has 18 heavy (non-hydrogen) atoms. The highest BCUT2D eigenvalue weighted by molar-refractivity contribution is 5.95. The largest absolute Gasteiger partial charge is 0.494 e. The highest BCUT2D eigenvalue weighted by Gasteiger charge is 2.13. The quantitative estimate of drug-likeness (QED) is 0.815. The van der Waals surface area contributed by atoms with Crippen molar-refractivity contribution in [2.24, 2.45) is 5.73 Å². The van der Waals surface area contributed by atoms with Crippen LogP contribution in [0.15, 0.2) is 18.2 Å². The number of hydrogen-bond donors (Lipinski definition) is 2. The van der Waals surface area contributed by atoms with Gasteiger partial charge in [0, 0.05) is 5.69 Å². The Hall–Kier alpha value is -1.55. The molecule has 0 heterocycles. The average molecular weight is 250 g/mol. The fraction of sp³-hybridized carbons (Fsp3) is 0.500. The lowest BCUT2D eigenvalue weighted by atomic mass is 10.1. The topological polar surface area (TPSA) is 64.4 Å². The second-order valence-corrected chi connectivity index (χ2v) is 4.29. The molecular weight excluding hydrogens is 228 g/mol. The summed E-state index contributed by atoms with van der Waals surface area (Å²) in [5.41, 5.74) is 7.52. The molecule has 0 spiro atoms. The minimum atomic E-state index is -0.444. The summed E-state index contributed by atoms with van der Waals surface area (Å²) in [6, 6.07) is 5.15. The summed E-state index contributed by atoms with van der Waals surface area (Å²) in [5, 5.41) is 2.84. The molecule has 4 heteroatoms. The van der Waals surface area contributed by atoms with Crippen molar-refractivity contribution in [1.29, 1.82) is 0 Å². The Morgan fingerprint density at radius 2 is 2.17 bits per heavy atom. The number of nitrogens with one attached hydrogen (secondary N) is 1. The third-order valence-corrected chi connectivity index (χ3v) is 2.70. The van der Waals surface area contributed by atoms with Crippen molar-refractivity contribution in [1.82, 2.24) is 0 Å². The smallest absolute Gasteiger partial charge is 0.241 e. The van der Waals surface area contributed by atoms with Crippen molar-refractivity contribution in [3.05, 3.63) is 23.8 Å². The Morgan fingerprint density at radius 3 is 2.72 bits per heavy atom. The fourth-order valence-electron chi connectivity index (χ4n) is 1.70. The number of hydrogen-bond acceptors (Lipinski definition) is 3. The molecule has 100 valence electrons. The van der Waals surface area contributed by atoms with Crippen LogP contribution < -0.4 is 15.8 Å². The van der Waals surface area contributed by atoms with Crippen molar-refractivity contribution >= 4 is 11.6 Å². The highest BCUT2D eigenvalue weighted by Crippen LogP contribution is 2.21. The van der Waals surface area contributed by atoms with Gasteiger partial charge in [0.05, 0.1) is 12.6 Å². The molecule has 1 aromatic rings. The summed E-state index contributed by atoms with van der Waals surface area (Å²) in [7, 11) is 0. The predicted octanol–water partition coefficient (Wildman–Crippen LogP) is 2.46. The zero-order valence-corrected chi connectivity index (χ0v) is 11.3. The number of carbonyl (C=O) groups excluding carboxylic acids is 1. The van der Waals surface area contributed by atoms with Gasteiger partial charge in [0.2, 0.25) is 5.91 Å². The van der Waals surface area contributed by atoms with Crippen molar-refractivity contribution in [3.63, 3.8) is 0 Å². The summed E-state index contributed by atoms with van der Waals surface area (Å²) >= 11 is 0. The van der Waals surface area contributed by atoms with Gasteiger partial charge in [-0.05, 0) is 44.0 Å². The van der Waals surface area contributed by atoms with Crippen LogP contribution in [0, 0.1) is 6.92 Å². The summed E-state index contributed by atoms with van der Waals surface area (Å²) in [6.07, 6.45) is 1.60. The lowest BCUT2D eigenvalue weighted by molar-refractivity contribution is -0.117. The minimum Gasteiger partial charge on any atom is -0.494 e. The molecule has 1 amide bonds. The molecule has 4 nitrogen and oxygen atoms in total. The van der Waals surface area contributed by atoms with Crippen LogP contribution in [0.1, 0.15) is 32.3 Å². The van der Waals surface area contributed by atoms with E-state index in [1.54, 1.807) is 0 Å². The first-order valence-corrected chi connectivity index (χ1v) is 6.38. The van der Waals surface area contributed by atoms with Gasteiger partial charge in [0.15, 0.2) is 0 Å². The molecule has 1 atom stereocenters. The Labute approximate surface area is 109 Å². The van der Waals surface area contributed by atoms with Gasteiger partial charge in [-0.2, -0.15) is 0 Å². The lowest BCUT2D eigenvalue weighted by Crippen LogP contribution is -2.35. The number of aryl methyl sites for hydroxylation is 1. The summed E-state index contributed by atoms with van der Waals surface area (Å²) in [4.78, 5) is 11.8. The van der Waals surface area contributed by atoms with E-state index in [4.69, 9.17) is 10.5 Å². The number of amides is 1. The second-order valence-electron chi connectivity index (χ2n) is 4.29. The van der Waals surface area contributed by atoms with Gasteiger partial charge < -0.3 is 15.8 Å². The number of carbonyl (C=O) groups is 1. The predicted molar refractivity (Wildman–Crippen MR) is 73.9 cm³/mol. The van der Waals surface area contributed by atoms with Gasteiger partial charge >= 0.3 is 0 Å². The van der Waals surface area contributed by atoms with Crippen molar-refractivity contribution in [2.75, 3.05) is 11.9 Å². The molecule has 3 N–H and O–H groups in total. The van der Waals surface area contributed by atoms with E-state index in [0.717, 1.165) is 23.4 Å². The van der Waals surface area contributed by atoms with Crippen LogP contribution in [0.2, 0.25) is 0 Å². The van der Waals surface area contributed by atoms with Gasteiger partial charge in [-0.15, -0.1) is 0 Å². The van der Waals surface area contributed by atoms with Crippen LogP contribution in [0.5, 0.6) is 5.75 Å². The van der Waals surface area contributed by atoms with E-state index >= 15 is 0 Å². The Morgan fingerprint density at radius 1 is 1.44 bits per heavy atom. The number of benzene rings is 1. The Bertz CT molecular complexity index is 405. The number of nitrogens with two attached hydrogens (primary N) is 1. The number of anilines is 1. The molecule has 0 saturated carbocycles. The van der Waals surface area contributed by atoms with E-state index < -0.39 is 6.04 Å². The zero-order chi connectivity index (χ0) is 13.5. The van der Waals surface area contributed by atoms with E-state index in [0.29, 0.717) is 13.0 Å². The monoisotopic (exact) mass is 250 g/mol. The summed E-state index contributed by atoms with van der Waals surface area (Å²) < 4.78 is 5.40. The zero-order valence-electron chi connectivity index (χ0n) is 11.3. The normalized spacial score (nSPS) is 12.0. The molecular formula is C14H22N2O2. The highest BCUT2D eigenvalue weighted by atomic mass is 16.5. The molecule has 1 unspecified atom stereocenters. The van der Waals surface area contributed by atoms with Gasteiger partial charge in [0.1, 0.15) is 5.75 Å². The first-order chi connectivity index (χ1) is 8.58. The molecule has 0 fully saturated rings. The van der Waals surface area contributed by atoms with Crippen molar-refractivity contribution in [3.8, 4) is 5.75 Å². The first-order valence-electron chi connectivity index (χ1n) is 6.38. The molecule has 1 aromatic carbocycles. The molecule has 0 radical (unpaired) electrons. The lowest BCUT2D eigenvalue weighted by Gasteiger charge is -2.14. The van der Waals surface area contributed by atoms with Crippen LogP contribution in [-0.2, 0) is 4.79 Å². The molecule has 1 rings (SSSR count). The maximum atomic E-state index is 11.8. The average Bonchev–Trinajstić information content (AvgIpc) is 2.33. The van der Waals surface area contributed by atoms with Gasteiger partial charge in [-0.3, -0.25) is 4.79 Å². The minimum absolute atomic E-state index is 0.135. The molecule has 0 aliphatic rings. The van der Waals surface area contributed by atoms with E-state index in [-0.39, 0.29) is 5.91 Å². The SMILES string of the molecule is CCCC(N)C(=O)Nc1ccc(OCC)cc1C. The van der Waals surface area contributed by atoms with E-state index in [1.807, 2.05) is 39.0 Å². The molecule has 0 aromatic heterocycles. The number of ether oxygens (including phenoxy) is 1. The maximum absolute atomic E-state index is 11.8. The van der Waals surface area contributed by atoms with E-state index in [2.05, 4.69) is 5.32 Å². The van der Waals surface area contributed by atoms with Crippen LogP contribution in [0.25, 0.3) is 0 Å². The third kappa shape index (κ3) is 4.04. The van der Waals surface area contributed by atoms with Crippen LogP contribution in [-0.4, -0.2) is 18.6 Å². The maximum Gasteiger partial charge on any atom is 0.241 e. The van der Waals surface area contributed by atoms with Gasteiger partial charge in [0.25, 0.3) is 0 Å². The van der Waals surface area contributed by atoms with Crippen LogP contribution in [0.4, 0.5) is 5.69 Å². The summed E-state index contributed by atoms with van der Waals surface area (Å²) in [5.74, 6) is 0.676. The van der Waals surface area contributed by atoms with Gasteiger partial charge in [-0.1, -0.05) is 13.3 Å². The Kier molecular flexibility index (Phi) is 5.65. The molecule has 0 bridgehead atoms. The molecule has 0 aliphatic carbocycles. The first kappa shape index (κ1) is 14.5. The second kappa shape index (κ2) is 7.01. The van der Waals surface area contributed by atoms with Gasteiger partial charge in [-0.25, -0.2) is 0 Å². The fourth-order valence-corrected chi connectivity index (χ4v) is 1.70. The molecule has 0 aliphatic heterocycles. The van der Waals surface area contributed by atoms with Crippen LogP contribution >= 0.6 is 0 Å². The van der Waals surface area contributed by atoms with E-state index in [1.165, 1.54) is 0 Å². The van der Waals surface area contributed by atoms with Crippen LogP contribution in [0.3, 0.4) is 0 Å². The number of rotatable bonds is 6. The van der Waals surface area contributed by atoms with E-state index in [9.17, 15) is 4.79 Å². The Balaban J connectivity index is 2.70. The van der Waals surface area contributed by atoms with Crippen molar-refractivity contribution < 1.29 is 9.53 Å². The standard InChI is InChI=1S/C14H22N2O2/c1-4-6-12(15)14(17)16-13-8-7-11(18-5-2)9-10(13)3/h7-9,12H,4-6,15H2,1-3H3,(H,16,17).